The number of aromatic amines is 1. The lowest BCUT2D eigenvalue weighted by atomic mass is 9.88. The third kappa shape index (κ3) is 4.72. The molecule has 186 valence electrons. The highest BCUT2D eigenvalue weighted by Crippen LogP contribution is 2.40. The van der Waals surface area contributed by atoms with Gasteiger partial charge in [-0.2, -0.15) is 0 Å². The molecule has 7 nitrogen and oxygen atoms in total. The Kier molecular flexibility index (Phi) is 6.41. The van der Waals surface area contributed by atoms with E-state index < -0.39 is 29.7 Å². The molecule has 0 spiro atoms. The van der Waals surface area contributed by atoms with Gasteiger partial charge in [-0.1, -0.05) is 0 Å². The summed E-state index contributed by atoms with van der Waals surface area (Å²) in [6.45, 7) is 1.37. The molecule has 3 aromatic rings. The second-order valence-electron chi connectivity index (χ2n) is 9.08. The Labute approximate surface area is 199 Å². The molecular weight excluding hydrogens is 463 g/mol. The molecule has 2 N–H and O–H groups in total. The van der Waals surface area contributed by atoms with Crippen LogP contribution in [0.15, 0.2) is 35.6 Å². The van der Waals surface area contributed by atoms with E-state index in [9.17, 15) is 13.2 Å². The lowest BCUT2D eigenvalue weighted by Gasteiger charge is -2.29. The third-order valence-corrected chi connectivity index (χ3v) is 6.52. The fourth-order valence-electron chi connectivity index (χ4n) is 4.59. The van der Waals surface area contributed by atoms with Gasteiger partial charge in [-0.15, -0.1) is 0 Å². The van der Waals surface area contributed by atoms with Gasteiger partial charge in [0.25, 0.3) is 0 Å². The lowest BCUT2D eigenvalue weighted by Crippen LogP contribution is -2.42. The molecule has 1 aromatic carbocycles. The monoisotopic (exact) mass is 489 g/mol. The van der Waals surface area contributed by atoms with Crippen molar-refractivity contribution in [1.82, 2.24) is 9.97 Å². The molecule has 1 fully saturated rings. The van der Waals surface area contributed by atoms with Crippen LogP contribution in [0.3, 0.4) is 0 Å². The average molecular weight is 489 g/mol. The number of nitrogens with one attached hydrogen (secondary N) is 1. The highest BCUT2D eigenvalue weighted by Gasteiger charge is 2.34. The predicted molar refractivity (Wildman–Crippen MR) is 123 cm³/mol. The number of aliphatic imine (C=N–C) groups is 1. The van der Waals surface area contributed by atoms with Gasteiger partial charge in [0.05, 0.1) is 24.6 Å². The Bertz CT molecular complexity index is 1240. The highest BCUT2D eigenvalue weighted by atomic mass is 19.1. The molecule has 0 saturated carbocycles. The van der Waals surface area contributed by atoms with Gasteiger partial charge in [0.2, 0.25) is 0 Å². The van der Waals surface area contributed by atoms with Crippen LogP contribution in [0.1, 0.15) is 36.8 Å². The van der Waals surface area contributed by atoms with Crippen molar-refractivity contribution in [2.45, 2.75) is 43.9 Å². The number of rotatable bonds is 6. The Hall–Kier alpha value is -3.11. The minimum atomic E-state index is -1.94. The second-order valence-corrected chi connectivity index (χ2v) is 9.08. The van der Waals surface area contributed by atoms with E-state index in [1.165, 1.54) is 6.20 Å². The van der Waals surface area contributed by atoms with Crippen molar-refractivity contribution >= 4 is 16.9 Å². The number of hydrogen-bond acceptors (Lipinski definition) is 6. The SMILES string of the molecule is CC1OCCCC1c1c[nH]c2nccc(Oc3c(F)cc(CC4=NCC(F)(CO)CO4)cc3F)c12. The lowest BCUT2D eigenvalue weighted by molar-refractivity contribution is 0.0119. The number of aliphatic hydroxyl groups excluding tert-OH is 1. The largest absolute Gasteiger partial charge is 0.477 e. The number of ether oxygens (including phenoxy) is 3. The van der Waals surface area contributed by atoms with E-state index in [-0.39, 0.29) is 48.8 Å². The first-order chi connectivity index (χ1) is 16.9. The zero-order chi connectivity index (χ0) is 24.6. The van der Waals surface area contributed by atoms with Gasteiger partial charge in [-0.05, 0) is 49.1 Å². The molecule has 5 rings (SSSR count). The summed E-state index contributed by atoms with van der Waals surface area (Å²) in [6, 6.07) is 3.86. The number of aliphatic hydroxyl groups is 1. The van der Waals surface area contributed by atoms with Crippen LogP contribution in [0.2, 0.25) is 0 Å². The summed E-state index contributed by atoms with van der Waals surface area (Å²) in [5.74, 6) is -1.76. The van der Waals surface area contributed by atoms with Gasteiger partial charge in [0.1, 0.15) is 18.0 Å². The fraction of sp³-hybridized carbons (Fsp3) is 0.440. The molecular formula is C25H26F3N3O4. The number of benzene rings is 1. The summed E-state index contributed by atoms with van der Waals surface area (Å²) in [7, 11) is 0. The first-order valence-corrected chi connectivity index (χ1v) is 11.6. The molecule has 1 saturated heterocycles. The van der Waals surface area contributed by atoms with E-state index >= 15 is 0 Å². The Morgan fingerprint density at radius 3 is 2.77 bits per heavy atom. The van der Waals surface area contributed by atoms with Crippen LogP contribution in [-0.4, -0.2) is 59.1 Å². The maximum atomic E-state index is 15.0. The number of nitrogens with zero attached hydrogens (tertiary/aromatic N) is 2. The van der Waals surface area contributed by atoms with Crippen LogP contribution in [0.25, 0.3) is 11.0 Å². The standard InChI is InChI=1S/C25H26F3N3O4/c1-14-16(3-2-6-33-14)17-10-30-24-22(17)20(4-5-29-24)35-23-18(26)7-15(8-19(23)27)9-21-31-11-25(28,12-32)13-34-21/h4-5,7-8,10,14,16,32H,2-3,6,9,11-13H2,1H3,(H,29,30). The zero-order valence-electron chi connectivity index (χ0n) is 19.2. The van der Waals surface area contributed by atoms with Crippen LogP contribution in [-0.2, 0) is 15.9 Å². The summed E-state index contributed by atoms with van der Waals surface area (Å²) < 4.78 is 60.8. The first kappa shape index (κ1) is 23.6. The minimum absolute atomic E-state index is 0.00610. The summed E-state index contributed by atoms with van der Waals surface area (Å²) in [4.78, 5) is 11.4. The van der Waals surface area contributed by atoms with Crippen molar-refractivity contribution in [3.63, 3.8) is 0 Å². The van der Waals surface area contributed by atoms with E-state index in [1.807, 2.05) is 13.1 Å². The number of halogens is 3. The summed E-state index contributed by atoms with van der Waals surface area (Å²) >= 11 is 0. The first-order valence-electron chi connectivity index (χ1n) is 11.6. The van der Waals surface area contributed by atoms with Crippen LogP contribution < -0.4 is 4.74 Å². The number of pyridine rings is 1. The summed E-state index contributed by atoms with van der Waals surface area (Å²) in [5, 5.41) is 9.73. The fourth-order valence-corrected chi connectivity index (χ4v) is 4.59. The zero-order valence-corrected chi connectivity index (χ0v) is 19.2. The van der Waals surface area contributed by atoms with E-state index in [0.29, 0.717) is 17.6 Å². The number of H-pyrrole nitrogens is 1. The van der Waals surface area contributed by atoms with Crippen LogP contribution in [0, 0.1) is 11.6 Å². The smallest absolute Gasteiger partial charge is 0.198 e. The van der Waals surface area contributed by atoms with Gasteiger partial charge in [-0.3, -0.25) is 4.99 Å². The van der Waals surface area contributed by atoms with Crippen LogP contribution >= 0.6 is 0 Å². The molecule has 4 heterocycles. The molecule has 35 heavy (non-hydrogen) atoms. The summed E-state index contributed by atoms with van der Waals surface area (Å²) in [5.41, 5.74) is -0.178. The number of alkyl halides is 1. The Morgan fingerprint density at radius 2 is 2.09 bits per heavy atom. The quantitative estimate of drug-likeness (QED) is 0.529. The summed E-state index contributed by atoms with van der Waals surface area (Å²) in [6.07, 6.45) is 5.19. The third-order valence-electron chi connectivity index (χ3n) is 6.52. The van der Waals surface area contributed by atoms with Gasteiger partial charge in [0.15, 0.2) is 29.0 Å². The van der Waals surface area contributed by atoms with Gasteiger partial charge < -0.3 is 24.3 Å². The molecule has 2 aliphatic rings. The van der Waals surface area contributed by atoms with Gasteiger partial charge in [0, 0.05) is 31.3 Å². The topological polar surface area (TPSA) is 89.0 Å². The number of fused-ring (bicyclic) bond motifs is 1. The van der Waals surface area contributed by atoms with Gasteiger partial charge in [-0.25, -0.2) is 18.2 Å². The van der Waals surface area contributed by atoms with E-state index in [0.717, 1.165) is 30.5 Å². The average Bonchev–Trinajstić information content (AvgIpc) is 3.28. The Morgan fingerprint density at radius 1 is 1.29 bits per heavy atom. The molecule has 0 aliphatic carbocycles. The molecule has 10 heteroatoms. The van der Waals surface area contributed by atoms with E-state index in [4.69, 9.17) is 19.3 Å². The molecule has 0 amide bonds. The maximum absolute atomic E-state index is 15.0. The molecule has 2 aromatic heterocycles. The molecule has 0 radical (unpaired) electrons. The minimum Gasteiger partial charge on any atom is -0.477 e. The normalized spacial score (nSPS) is 24.8. The van der Waals surface area contributed by atoms with Crippen molar-refractivity contribution in [2.75, 3.05) is 26.4 Å². The van der Waals surface area contributed by atoms with Crippen molar-refractivity contribution in [3.05, 3.63) is 53.4 Å². The molecule has 3 unspecified atom stereocenters. The predicted octanol–water partition coefficient (Wildman–Crippen LogP) is 4.59. The van der Waals surface area contributed by atoms with Crippen molar-refractivity contribution in [1.29, 1.82) is 0 Å². The number of hydrogen-bond donors (Lipinski definition) is 2. The number of aromatic nitrogens is 2. The van der Waals surface area contributed by atoms with Crippen molar-refractivity contribution in [3.8, 4) is 11.5 Å². The Balaban J connectivity index is 1.41. The second kappa shape index (κ2) is 9.50. The van der Waals surface area contributed by atoms with Gasteiger partial charge >= 0.3 is 0 Å². The molecule has 2 aliphatic heterocycles. The van der Waals surface area contributed by atoms with E-state index in [2.05, 4.69) is 15.0 Å². The highest BCUT2D eigenvalue weighted by molar-refractivity contribution is 5.87. The van der Waals surface area contributed by atoms with Crippen LogP contribution in [0.5, 0.6) is 11.5 Å². The van der Waals surface area contributed by atoms with Crippen molar-refractivity contribution in [2.24, 2.45) is 4.99 Å². The molecule has 0 bridgehead atoms. The van der Waals surface area contributed by atoms with Crippen molar-refractivity contribution < 1.29 is 32.5 Å². The maximum Gasteiger partial charge on any atom is 0.198 e. The van der Waals surface area contributed by atoms with Crippen LogP contribution in [0.4, 0.5) is 13.2 Å². The molecule has 3 atom stereocenters. The van der Waals surface area contributed by atoms with E-state index in [1.54, 1.807) is 6.07 Å².